The first-order valence-corrected chi connectivity index (χ1v) is 10.2. The number of fused-ring (bicyclic) bond motifs is 1. The van der Waals surface area contributed by atoms with Crippen LogP contribution in [0.25, 0.3) is 10.9 Å². The monoisotopic (exact) mass is 391 g/mol. The van der Waals surface area contributed by atoms with Crippen LogP contribution in [0.2, 0.25) is 0 Å². The molecule has 4 rings (SSSR count). The van der Waals surface area contributed by atoms with E-state index in [9.17, 15) is 9.59 Å². The second-order valence-electron chi connectivity index (χ2n) is 7.79. The van der Waals surface area contributed by atoms with Crippen LogP contribution in [-0.4, -0.2) is 53.5 Å². The number of rotatable bonds is 3. The van der Waals surface area contributed by atoms with Gasteiger partial charge < -0.3 is 10.1 Å². The minimum atomic E-state index is -0.517. The zero-order valence-electron chi connectivity index (χ0n) is 16.4. The van der Waals surface area contributed by atoms with Crippen molar-refractivity contribution in [3.63, 3.8) is 0 Å². The van der Waals surface area contributed by atoms with Crippen LogP contribution in [0.3, 0.4) is 0 Å². The van der Waals surface area contributed by atoms with Crippen LogP contribution in [0, 0.1) is 11.8 Å². The summed E-state index contributed by atoms with van der Waals surface area (Å²) in [6.07, 6.45) is 6.72. The third-order valence-electron chi connectivity index (χ3n) is 5.51. The van der Waals surface area contributed by atoms with E-state index in [1.807, 2.05) is 35.2 Å². The van der Waals surface area contributed by atoms with Crippen LogP contribution in [0.4, 0.5) is 0 Å². The molecule has 1 saturated heterocycles. The molecule has 0 unspecified atom stereocenters. The summed E-state index contributed by atoms with van der Waals surface area (Å²) < 4.78 is 4.94. The number of aromatic nitrogens is 1. The molecule has 0 bridgehead atoms. The molecule has 0 spiro atoms. The molecule has 6 nitrogen and oxygen atoms in total. The van der Waals surface area contributed by atoms with Gasteiger partial charge in [-0.2, -0.15) is 0 Å². The molecule has 1 aliphatic heterocycles. The lowest BCUT2D eigenvalue weighted by atomic mass is 9.82. The number of para-hydroxylation sites is 1. The van der Waals surface area contributed by atoms with E-state index in [0.29, 0.717) is 13.2 Å². The Morgan fingerprint density at radius 3 is 2.90 bits per heavy atom. The second kappa shape index (κ2) is 8.62. The van der Waals surface area contributed by atoms with Gasteiger partial charge in [-0.3, -0.25) is 19.5 Å². The van der Waals surface area contributed by atoms with Gasteiger partial charge in [0, 0.05) is 23.7 Å². The number of nitrogens with one attached hydrogen (secondary N) is 1. The van der Waals surface area contributed by atoms with E-state index in [-0.39, 0.29) is 25.0 Å². The summed E-state index contributed by atoms with van der Waals surface area (Å²) in [7, 11) is 0. The summed E-state index contributed by atoms with van der Waals surface area (Å²) in [6, 6.07) is 9.99. The van der Waals surface area contributed by atoms with Gasteiger partial charge >= 0.3 is 5.97 Å². The average molecular weight is 391 g/mol. The zero-order valence-corrected chi connectivity index (χ0v) is 16.4. The van der Waals surface area contributed by atoms with E-state index < -0.39 is 5.54 Å². The maximum absolute atomic E-state index is 12.7. The summed E-state index contributed by atoms with van der Waals surface area (Å²) in [5, 5.41) is 4.23. The SMILES string of the molecule is O=C(CN1CCOC(=O)C1)NC1(C#Cc2cnc3ccccc3c2)CCCCC1. The Balaban J connectivity index is 1.49. The molecule has 1 amide bonds. The van der Waals surface area contributed by atoms with Gasteiger partial charge in [0.05, 0.1) is 18.6 Å². The van der Waals surface area contributed by atoms with Gasteiger partial charge in [0.2, 0.25) is 5.91 Å². The Bertz CT molecular complexity index is 970. The van der Waals surface area contributed by atoms with E-state index in [1.165, 1.54) is 0 Å². The normalized spacial score (nSPS) is 19.1. The van der Waals surface area contributed by atoms with Crippen molar-refractivity contribution < 1.29 is 14.3 Å². The quantitative estimate of drug-likeness (QED) is 0.642. The van der Waals surface area contributed by atoms with Crippen molar-refractivity contribution in [1.29, 1.82) is 0 Å². The van der Waals surface area contributed by atoms with Gasteiger partial charge in [-0.05, 0) is 25.0 Å². The Morgan fingerprint density at radius 1 is 1.24 bits per heavy atom. The largest absolute Gasteiger partial charge is 0.463 e. The van der Waals surface area contributed by atoms with Crippen LogP contribution < -0.4 is 5.32 Å². The predicted molar refractivity (Wildman–Crippen MR) is 110 cm³/mol. The molecule has 2 heterocycles. The number of hydrogen-bond donors (Lipinski definition) is 1. The van der Waals surface area contributed by atoms with Gasteiger partial charge in [-0.25, -0.2) is 0 Å². The number of morpholine rings is 1. The van der Waals surface area contributed by atoms with Crippen molar-refractivity contribution in [1.82, 2.24) is 15.2 Å². The number of carbonyl (C=O) groups is 2. The summed E-state index contributed by atoms with van der Waals surface area (Å²) in [5.74, 6) is 6.24. The predicted octanol–water partition coefficient (Wildman–Crippen LogP) is 2.26. The number of ether oxygens (including phenoxy) is 1. The van der Waals surface area contributed by atoms with E-state index in [2.05, 4.69) is 22.1 Å². The van der Waals surface area contributed by atoms with Crippen molar-refractivity contribution in [3.05, 3.63) is 42.1 Å². The summed E-state index contributed by atoms with van der Waals surface area (Å²) >= 11 is 0. The minimum Gasteiger partial charge on any atom is -0.463 e. The third-order valence-corrected chi connectivity index (χ3v) is 5.51. The Hall–Kier alpha value is -2.91. The fourth-order valence-corrected chi connectivity index (χ4v) is 4.01. The third kappa shape index (κ3) is 4.93. The fraction of sp³-hybridized carbons (Fsp3) is 0.435. The van der Waals surface area contributed by atoms with Crippen LogP contribution in [0.1, 0.15) is 37.7 Å². The molecular formula is C23H25N3O3. The zero-order chi connectivity index (χ0) is 20.1. The molecule has 0 radical (unpaired) electrons. The second-order valence-corrected chi connectivity index (χ2v) is 7.79. The highest BCUT2D eigenvalue weighted by Gasteiger charge is 2.32. The Labute approximate surface area is 170 Å². The lowest BCUT2D eigenvalue weighted by molar-refractivity contribution is -0.151. The van der Waals surface area contributed by atoms with Crippen LogP contribution in [0.5, 0.6) is 0 Å². The molecule has 6 heteroatoms. The number of esters is 1. The molecule has 2 fully saturated rings. The fourth-order valence-electron chi connectivity index (χ4n) is 4.01. The van der Waals surface area contributed by atoms with E-state index >= 15 is 0 Å². The number of pyridine rings is 1. The lowest BCUT2D eigenvalue weighted by Gasteiger charge is -2.34. The Kier molecular flexibility index (Phi) is 5.77. The smallest absolute Gasteiger partial charge is 0.320 e. The lowest BCUT2D eigenvalue weighted by Crippen LogP contribution is -2.53. The highest BCUT2D eigenvalue weighted by Crippen LogP contribution is 2.28. The van der Waals surface area contributed by atoms with E-state index in [1.54, 1.807) is 6.20 Å². The van der Waals surface area contributed by atoms with Crippen LogP contribution in [0.15, 0.2) is 36.5 Å². The van der Waals surface area contributed by atoms with Crippen molar-refractivity contribution in [2.24, 2.45) is 0 Å². The molecule has 1 aliphatic carbocycles. The highest BCUT2D eigenvalue weighted by molar-refractivity contribution is 5.81. The van der Waals surface area contributed by atoms with E-state index in [0.717, 1.165) is 48.6 Å². The maximum atomic E-state index is 12.7. The average Bonchev–Trinajstić information content (AvgIpc) is 2.73. The maximum Gasteiger partial charge on any atom is 0.320 e. The number of benzene rings is 1. The molecule has 2 aliphatic rings. The molecule has 0 atom stereocenters. The number of nitrogens with zero attached hydrogens (tertiary/aromatic N) is 2. The first-order valence-electron chi connectivity index (χ1n) is 10.2. The van der Waals surface area contributed by atoms with Crippen LogP contribution in [-0.2, 0) is 14.3 Å². The molecule has 1 aromatic carbocycles. The van der Waals surface area contributed by atoms with Crippen molar-refractivity contribution in [3.8, 4) is 11.8 Å². The van der Waals surface area contributed by atoms with Gasteiger partial charge in [0.1, 0.15) is 12.1 Å². The highest BCUT2D eigenvalue weighted by atomic mass is 16.5. The molecule has 29 heavy (non-hydrogen) atoms. The molecule has 2 aromatic rings. The summed E-state index contributed by atoms with van der Waals surface area (Å²) in [4.78, 5) is 30.4. The molecular weight excluding hydrogens is 366 g/mol. The number of amides is 1. The summed E-state index contributed by atoms with van der Waals surface area (Å²) in [5.41, 5.74) is 1.28. The molecule has 150 valence electrons. The van der Waals surface area contributed by atoms with Gasteiger partial charge in [0.15, 0.2) is 0 Å². The number of cyclic esters (lactones) is 1. The molecule has 1 N–H and O–H groups in total. The van der Waals surface area contributed by atoms with Crippen molar-refractivity contribution in [2.75, 3.05) is 26.2 Å². The first-order chi connectivity index (χ1) is 14.1. The standard InChI is InChI=1S/C23H25N3O3/c27-21(16-26-12-13-29-22(28)17-26)25-23(9-4-1-5-10-23)11-8-18-14-19-6-2-3-7-20(19)24-15-18/h2-3,6-7,14-15H,1,4-5,9-10,12-13,16-17H2,(H,25,27). The summed E-state index contributed by atoms with van der Waals surface area (Å²) in [6.45, 7) is 1.28. The van der Waals surface area contributed by atoms with E-state index in [4.69, 9.17) is 4.74 Å². The van der Waals surface area contributed by atoms with Crippen molar-refractivity contribution in [2.45, 2.75) is 37.6 Å². The molecule has 1 saturated carbocycles. The number of hydrogen-bond acceptors (Lipinski definition) is 5. The van der Waals surface area contributed by atoms with Gasteiger partial charge in [-0.1, -0.05) is 49.3 Å². The van der Waals surface area contributed by atoms with Crippen molar-refractivity contribution >= 4 is 22.8 Å². The topological polar surface area (TPSA) is 71.5 Å². The van der Waals surface area contributed by atoms with Gasteiger partial charge in [-0.15, -0.1) is 0 Å². The number of carbonyl (C=O) groups excluding carboxylic acids is 2. The van der Waals surface area contributed by atoms with Crippen LogP contribution >= 0.6 is 0 Å². The minimum absolute atomic E-state index is 0.0902. The molecule has 1 aromatic heterocycles. The van der Waals surface area contributed by atoms with Gasteiger partial charge in [0.25, 0.3) is 0 Å². The first kappa shape index (κ1) is 19.4. The Morgan fingerprint density at radius 2 is 2.07 bits per heavy atom.